The summed E-state index contributed by atoms with van der Waals surface area (Å²) in [6.07, 6.45) is 5.90. The zero-order chi connectivity index (χ0) is 15.0. The first-order valence-electron chi connectivity index (χ1n) is 7.82. The van der Waals surface area contributed by atoms with Gasteiger partial charge in [0.15, 0.2) is 0 Å². The number of nitrogens with one attached hydrogen (secondary N) is 1. The lowest BCUT2D eigenvalue weighted by atomic mass is 9.89. The zero-order valence-electron chi connectivity index (χ0n) is 13.5. The van der Waals surface area contributed by atoms with Crippen LogP contribution in [0.1, 0.15) is 49.6 Å². The Kier molecular flexibility index (Phi) is 3.52. The molecule has 1 N–H and O–H groups in total. The summed E-state index contributed by atoms with van der Waals surface area (Å²) >= 11 is 0. The van der Waals surface area contributed by atoms with Gasteiger partial charge < -0.3 is 5.32 Å². The Labute approximate surface area is 127 Å². The van der Waals surface area contributed by atoms with E-state index in [1.165, 1.54) is 47.3 Å². The number of hydrogen-bond acceptors (Lipinski definition) is 2. The van der Waals surface area contributed by atoms with E-state index in [0.717, 1.165) is 6.54 Å². The Balaban J connectivity index is 1.76. The van der Waals surface area contributed by atoms with Crippen molar-refractivity contribution in [2.75, 3.05) is 5.32 Å². The summed E-state index contributed by atoms with van der Waals surface area (Å²) in [5.74, 6) is 0. The van der Waals surface area contributed by atoms with Crippen molar-refractivity contribution in [2.45, 2.75) is 52.0 Å². The third-order valence-corrected chi connectivity index (χ3v) is 4.20. The number of fused-ring (bicyclic) bond motifs is 1. The SMILES string of the molecule is Cn1cc(CNc2ccc3c(c2)CCC3)c(C(C)(C)C)n1. The van der Waals surface area contributed by atoms with Crippen LogP contribution in [0.2, 0.25) is 0 Å². The van der Waals surface area contributed by atoms with E-state index in [1.807, 2.05) is 11.7 Å². The summed E-state index contributed by atoms with van der Waals surface area (Å²) in [6.45, 7) is 7.48. The molecule has 3 rings (SSSR count). The van der Waals surface area contributed by atoms with Crippen LogP contribution in [-0.2, 0) is 31.8 Å². The van der Waals surface area contributed by atoms with Crippen molar-refractivity contribution < 1.29 is 0 Å². The van der Waals surface area contributed by atoms with E-state index in [1.54, 1.807) is 0 Å². The van der Waals surface area contributed by atoms with E-state index in [-0.39, 0.29) is 5.41 Å². The molecule has 0 atom stereocenters. The zero-order valence-corrected chi connectivity index (χ0v) is 13.5. The highest BCUT2D eigenvalue weighted by Gasteiger charge is 2.21. The van der Waals surface area contributed by atoms with Crippen molar-refractivity contribution in [1.29, 1.82) is 0 Å². The molecule has 1 aliphatic rings. The molecule has 3 heteroatoms. The second-order valence-electron chi connectivity index (χ2n) is 7.12. The summed E-state index contributed by atoms with van der Waals surface area (Å²) in [5, 5.41) is 8.19. The highest BCUT2D eigenvalue weighted by molar-refractivity contribution is 5.50. The number of aromatic nitrogens is 2. The van der Waals surface area contributed by atoms with Gasteiger partial charge in [-0.2, -0.15) is 5.10 Å². The summed E-state index contributed by atoms with van der Waals surface area (Å²) in [6, 6.07) is 6.80. The molecule has 1 aromatic carbocycles. The van der Waals surface area contributed by atoms with Crippen molar-refractivity contribution in [3.05, 3.63) is 46.8 Å². The van der Waals surface area contributed by atoms with Gasteiger partial charge in [-0.25, -0.2) is 0 Å². The first kappa shape index (κ1) is 14.2. The van der Waals surface area contributed by atoms with Gasteiger partial charge >= 0.3 is 0 Å². The summed E-state index contributed by atoms with van der Waals surface area (Å²) in [5.41, 5.74) is 6.80. The molecule has 112 valence electrons. The molecule has 0 saturated heterocycles. The second-order valence-corrected chi connectivity index (χ2v) is 7.12. The molecule has 0 saturated carbocycles. The normalized spacial score (nSPS) is 14.3. The number of rotatable bonds is 3. The Bertz CT molecular complexity index is 647. The van der Waals surface area contributed by atoms with Crippen LogP contribution in [0.4, 0.5) is 5.69 Å². The Hall–Kier alpha value is -1.77. The lowest BCUT2D eigenvalue weighted by molar-refractivity contribution is 0.549. The van der Waals surface area contributed by atoms with Gasteiger partial charge in [0.05, 0.1) is 5.69 Å². The molecule has 0 amide bonds. The lowest BCUT2D eigenvalue weighted by Crippen LogP contribution is -2.16. The highest BCUT2D eigenvalue weighted by Crippen LogP contribution is 2.27. The minimum atomic E-state index is 0.0796. The third-order valence-electron chi connectivity index (χ3n) is 4.20. The topological polar surface area (TPSA) is 29.9 Å². The smallest absolute Gasteiger partial charge is 0.0727 e. The van der Waals surface area contributed by atoms with E-state index >= 15 is 0 Å². The van der Waals surface area contributed by atoms with Crippen LogP contribution in [0.5, 0.6) is 0 Å². The minimum absolute atomic E-state index is 0.0796. The molecule has 21 heavy (non-hydrogen) atoms. The molecule has 1 aliphatic carbocycles. The fourth-order valence-corrected chi connectivity index (χ4v) is 3.18. The van der Waals surface area contributed by atoms with Crippen LogP contribution in [0.25, 0.3) is 0 Å². The van der Waals surface area contributed by atoms with Gasteiger partial charge in [0.25, 0.3) is 0 Å². The standard InChI is InChI=1S/C18H25N3/c1-18(2,3)17-15(12-21(4)20-17)11-19-16-9-8-13-6-5-7-14(13)10-16/h8-10,12,19H,5-7,11H2,1-4H3. The molecule has 0 aliphatic heterocycles. The van der Waals surface area contributed by atoms with Gasteiger partial charge in [-0.05, 0) is 42.5 Å². The number of anilines is 1. The maximum Gasteiger partial charge on any atom is 0.0727 e. The summed E-state index contributed by atoms with van der Waals surface area (Å²) < 4.78 is 1.92. The van der Waals surface area contributed by atoms with Gasteiger partial charge in [0.2, 0.25) is 0 Å². The summed E-state index contributed by atoms with van der Waals surface area (Å²) in [7, 11) is 1.99. The van der Waals surface area contributed by atoms with Gasteiger partial charge in [-0.3, -0.25) is 4.68 Å². The molecule has 1 heterocycles. The Morgan fingerprint density at radius 3 is 2.71 bits per heavy atom. The van der Waals surface area contributed by atoms with E-state index in [9.17, 15) is 0 Å². The molecule has 3 nitrogen and oxygen atoms in total. The summed E-state index contributed by atoms with van der Waals surface area (Å²) in [4.78, 5) is 0. The molecule has 0 spiro atoms. The van der Waals surface area contributed by atoms with Gasteiger partial charge in [-0.15, -0.1) is 0 Å². The Morgan fingerprint density at radius 2 is 1.95 bits per heavy atom. The third kappa shape index (κ3) is 2.97. The first-order valence-corrected chi connectivity index (χ1v) is 7.82. The van der Waals surface area contributed by atoms with E-state index in [4.69, 9.17) is 0 Å². The number of hydrogen-bond donors (Lipinski definition) is 1. The van der Waals surface area contributed by atoms with Gasteiger partial charge in [0.1, 0.15) is 0 Å². The van der Waals surface area contributed by atoms with Crippen LogP contribution in [0.15, 0.2) is 24.4 Å². The van der Waals surface area contributed by atoms with Crippen LogP contribution < -0.4 is 5.32 Å². The van der Waals surface area contributed by atoms with Crippen LogP contribution >= 0.6 is 0 Å². The van der Waals surface area contributed by atoms with Crippen LogP contribution in [0, 0.1) is 0 Å². The van der Waals surface area contributed by atoms with Crippen LogP contribution in [0.3, 0.4) is 0 Å². The molecule has 2 aromatic rings. The van der Waals surface area contributed by atoms with Crippen molar-refractivity contribution in [3.8, 4) is 0 Å². The largest absolute Gasteiger partial charge is 0.381 e. The number of benzene rings is 1. The first-order chi connectivity index (χ1) is 9.93. The van der Waals surface area contributed by atoms with Gasteiger partial charge in [-0.1, -0.05) is 26.8 Å². The minimum Gasteiger partial charge on any atom is -0.381 e. The predicted molar refractivity (Wildman–Crippen MR) is 87.7 cm³/mol. The predicted octanol–water partition coefficient (Wildman–Crippen LogP) is 3.82. The van der Waals surface area contributed by atoms with Crippen molar-refractivity contribution in [2.24, 2.45) is 7.05 Å². The number of aryl methyl sites for hydroxylation is 3. The molecule has 0 unspecified atom stereocenters. The molecular formula is C18H25N3. The van der Waals surface area contributed by atoms with Crippen LogP contribution in [-0.4, -0.2) is 9.78 Å². The fraction of sp³-hybridized carbons (Fsp3) is 0.500. The maximum atomic E-state index is 4.63. The monoisotopic (exact) mass is 283 g/mol. The fourth-order valence-electron chi connectivity index (χ4n) is 3.18. The van der Waals surface area contributed by atoms with Crippen molar-refractivity contribution in [3.63, 3.8) is 0 Å². The lowest BCUT2D eigenvalue weighted by Gasteiger charge is -2.18. The molecule has 0 fully saturated rings. The molecular weight excluding hydrogens is 258 g/mol. The van der Waals surface area contributed by atoms with Crippen molar-refractivity contribution in [1.82, 2.24) is 9.78 Å². The molecule has 0 bridgehead atoms. The molecule has 1 aromatic heterocycles. The molecule has 0 radical (unpaired) electrons. The van der Waals surface area contributed by atoms with E-state index in [0.29, 0.717) is 0 Å². The van der Waals surface area contributed by atoms with E-state index < -0.39 is 0 Å². The number of nitrogens with zero attached hydrogens (tertiary/aromatic N) is 2. The average Bonchev–Trinajstić information content (AvgIpc) is 3.01. The average molecular weight is 283 g/mol. The van der Waals surface area contributed by atoms with Gasteiger partial charge in [0, 0.05) is 36.5 Å². The quantitative estimate of drug-likeness (QED) is 0.928. The van der Waals surface area contributed by atoms with E-state index in [2.05, 4.69) is 55.6 Å². The highest BCUT2D eigenvalue weighted by atomic mass is 15.3. The second kappa shape index (κ2) is 5.21. The maximum absolute atomic E-state index is 4.63. The Morgan fingerprint density at radius 1 is 1.19 bits per heavy atom. The van der Waals surface area contributed by atoms with Crippen molar-refractivity contribution >= 4 is 5.69 Å².